The minimum atomic E-state index is -0.345. The average molecular weight is 263 g/mol. The second-order valence-corrected chi connectivity index (χ2v) is 5.23. The Morgan fingerprint density at radius 1 is 1.42 bits per heavy atom. The van der Waals surface area contributed by atoms with Crippen LogP contribution >= 0.6 is 0 Å². The Hall–Kier alpha value is -1.69. The minimum Gasteiger partial charge on any atom is -0.359 e. The lowest BCUT2D eigenvalue weighted by atomic mass is 9.89. The van der Waals surface area contributed by atoms with Gasteiger partial charge in [-0.25, -0.2) is 9.97 Å². The molecule has 19 heavy (non-hydrogen) atoms. The van der Waals surface area contributed by atoms with E-state index in [9.17, 15) is 4.79 Å². The van der Waals surface area contributed by atoms with Crippen molar-refractivity contribution in [2.45, 2.75) is 19.9 Å². The van der Waals surface area contributed by atoms with E-state index in [4.69, 9.17) is 0 Å². The lowest BCUT2D eigenvalue weighted by molar-refractivity contribution is -0.128. The van der Waals surface area contributed by atoms with Gasteiger partial charge in [-0.05, 0) is 20.4 Å². The van der Waals surface area contributed by atoms with Crippen LogP contribution in [0.25, 0.3) is 0 Å². The van der Waals surface area contributed by atoms with Gasteiger partial charge in [-0.3, -0.25) is 4.79 Å². The molecular formula is C13H21N5O. The van der Waals surface area contributed by atoms with E-state index in [1.807, 2.05) is 26.4 Å². The van der Waals surface area contributed by atoms with E-state index >= 15 is 0 Å². The predicted octanol–water partition coefficient (Wildman–Crippen LogP) is 0.158. The number of carbonyl (C=O) groups is 1. The van der Waals surface area contributed by atoms with Crippen LogP contribution in [-0.2, 0) is 11.3 Å². The quantitative estimate of drug-likeness (QED) is 0.809. The highest BCUT2D eigenvalue weighted by Gasteiger charge is 2.40. The normalized spacial score (nSPS) is 22.6. The highest BCUT2D eigenvalue weighted by molar-refractivity contribution is 5.83. The molecule has 0 aromatic carbocycles. The Morgan fingerprint density at radius 3 is 2.68 bits per heavy atom. The molecule has 0 aliphatic carbocycles. The van der Waals surface area contributed by atoms with Crippen molar-refractivity contribution in [3.05, 3.63) is 18.0 Å². The number of aromatic nitrogens is 2. The number of anilines is 1. The monoisotopic (exact) mass is 263 g/mol. The Balaban J connectivity index is 2.06. The van der Waals surface area contributed by atoms with Crippen LogP contribution in [0.15, 0.2) is 12.4 Å². The van der Waals surface area contributed by atoms with Gasteiger partial charge >= 0.3 is 0 Å². The molecule has 2 N–H and O–H groups in total. The maximum absolute atomic E-state index is 11.9. The molecule has 1 aromatic heterocycles. The Kier molecular flexibility index (Phi) is 3.99. The van der Waals surface area contributed by atoms with E-state index in [0.717, 1.165) is 25.1 Å². The Labute approximate surface area is 113 Å². The summed E-state index contributed by atoms with van der Waals surface area (Å²) in [7, 11) is 3.57. The third kappa shape index (κ3) is 2.84. The number of nitrogens with one attached hydrogen (secondary N) is 2. The van der Waals surface area contributed by atoms with E-state index in [1.165, 1.54) is 0 Å². The van der Waals surface area contributed by atoms with E-state index in [-0.39, 0.29) is 11.3 Å². The van der Waals surface area contributed by atoms with Crippen LogP contribution in [0.5, 0.6) is 0 Å². The van der Waals surface area contributed by atoms with Gasteiger partial charge in [-0.15, -0.1) is 0 Å². The van der Waals surface area contributed by atoms with Crippen molar-refractivity contribution in [3.8, 4) is 0 Å². The van der Waals surface area contributed by atoms with Crippen molar-refractivity contribution >= 4 is 11.9 Å². The third-order valence-corrected chi connectivity index (χ3v) is 3.60. The first-order valence-electron chi connectivity index (χ1n) is 6.52. The van der Waals surface area contributed by atoms with Crippen molar-refractivity contribution in [2.24, 2.45) is 5.41 Å². The first-order chi connectivity index (χ1) is 9.09. The van der Waals surface area contributed by atoms with Crippen molar-refractivity contribution in [2.75, 3.05) is 32.1 Å². The molecule has 0 bridgehead atoms. The molecular weight excluding hydrogens is 242 g/mol. The minimum absolute atomic E-state index is 0.0850. The summed E-state index contributed by atoms with van der Waals surface area (Å²) in [4.78, 5) is 22.7. The van der Waals surface area contributed by atoms with Crippen LogP contribution in [0.1, 0.15) is 18.9 Å². The lowest BCUT2D eigenvalue weighted by Crippen LogP contribution is -2.39. The molecule has 1 unspecified atom stereocenters. The first kappa shape index (κ1) is 13.7. The summed E-state index contributed by atoms with van der Waals surface area (Å²) in [6.45, 7) is 4.23. The lowest BCUT2D eigenvalue weighted by Gasteiger charge is -2.22. The van der Waals surface area contributed by atoms with Crippen LogP contribution < -0.4 is 15.5 Å². The number of amides is 1. The summed E-state index contributed by atoms with van der Waals surface area (Å²) in [5.41, 5.74) is 0.710. The molecule has 2 rings (SSSR count). The summed E-state index contributed by atoms with van der Waals surface area (Å²) < 4.78 is 0. The fraction of sp³-hybridized carbons (Fsp3) is 0.615. The van der Waals surface area contributed by atoms with Gasteiger partial charge in [0.05, 0.1) is 5.41 Å². The number of hydrogen-bond acceptors (Lipinski definition) is 5. The molecule has 6 nitrogen and oxygen atoms in total. The van der Waals surface area contributed by atoms with Crippen LogP contribution in [0.2, 0.25) is 0 Å². The molecule has 1 aromatic rings. The molecule has 1 fully saturated rings. The maximum atomic E-state index is 11.9. The highest BCUT2D eigenvalue weighted by atomic mass is 16.2. The highest BCUT2D eigenvalue weighted by Crippen LogP contribution is 2.31. The summed E-state index contributed by atoms with van der Waals surface area (Å²) >= 11 is 0. The molecule has 1 atom stereocenters. The maximum Gasteiger partial charge on any atom is 0.227 e. The first-order valence-corrected chi connectivity index (χ1v) is 6.52. The summed E-state index contributed by atoms with van der Waals surface area (Å²) in [5.74, 6) is 0.786. The zero-order valence-corrected chi connectivity index (χ0v) is 11.7. The third-order valence-electron chi connectivity index (χ3n) is 3.60. The Bertz CT molecular complexity index is 447. The molecule has 1 saturated heterocycles. The summed E-state index contributed by atoms with van der Waals surface area (Å²) in [6, 6.07) is 0. The summed E-state index contributed by atoms with van der Waals surface area (Å²) in [5, 5.41) is 5.79. The molecule has 6 heteroatoms. The van der Waals surface area contributed by atoms with Gasteiger partial charge in [-0.1, -0.05) is 0 Å². The summed E-state index contributed by atoms with van der Waals surface area (Å²) in [6.07, 6.45) is 4.48. The molecule has 0 saturated carbocycles. The zero-order valence-electron chi connectivity index (χ0n) is 11.7. The van der Waals surface area contributed by atoms with Gasteiger partial charge in [0.1, 0.15) is 0 Å². The van der Waals surface area contributed by atoms with E-state index in [2.05, 4.69) is 25.5 Å². The van der Waals surface area contributed by atoms with Crippen LogP contribution in [0.3, 0.4) is 0 Å². The molecule has 1 aliphatic heterocycles. The van der Waals surface area contributed by atoms with Gasteiger partial charge in [0.15, 0.2) is 0 Å². The standard InChI is InChI=1S/C13H21N5O/c1-13(11(19)15-3)4-5-18(9-13)12-16-7-10(6-14-2)8-17-12/h7-8,14H,4-6,9H2,1-3H3,(H,15,19). The van der Waals surface area contributed by atoms with E-state index < -0.39 is 0 Å². The molecule has 1 aliphatic rings. The second-order valence-electron chi connectivity index (χ2n) is 5.23. The van der Waals surface area contributed by atoms with Crippen molar-refractivity contribution in [1.29, 1.82) is 0 Å². The van der Waals surface area contributed by atoms with Crippen LogP contribution in [0.4, 0.5) is 5.95 Å². The average Bonchev–Trinajstić information content (AvgIpc) is 2.83. The van der Waals surface area contributed by atoms with Gasteiger partial charge in [0.25, 0.3) is 0 Å². The fourth-order valence-electron chi connectivity index (χ4n) is 2.43. The number of nitrogens with zero attached hydrogens (tertiary/aromatic N) is 3. The SMILES string of the molecule is CNCc1cnc(N2CCC(C)(C(=O)NC)C2)nc1. The number of hydrogen-bond donors (Lipinski definition) is 2. The molecule has 104 valence electrons. The number of carbonyl (C=O) groups excluding carboxylic acids is 1. The molecule has 0 spiro atoms. The van der Waals surface area contributed by atoms with Gasteiger partial charge in [0, 0.05) is 44.6 Å². The number of rotatable bonds is 4. The zero-order chi connectivity index (χ0) is 13.9. The molecule has 1 amide bonds. The van der Waals surface area contributed by atoms with Gasteiger partial charge in [0.2, 0.25) is 11.9 Å². The van der Waals surface area contributed by atoms with Gasteiger partial charge in [-0.2, -0.15) is 0 Å². The molecule has 0 radical (unpaired) electrons. The van der Waals surface area contributed by atoms with Crippen molar-refractivity contribution < 1.29 is 4.79 Å². The Morgan fingerprint density at radius 2 is 2.11 bits per heavy atom. The fourth-order valence-corrected chi connectivity index (χ4v) is 2.43. The molecule has 2 heterocycles. The van der Waals surface area contributed by atoms with Gasteiger partial charge < -0.3 is 15.5 Å². The largest absolute Gasteiger partial charge is 0.359 e. The van der Waals surface area contributed by atoms with E-state index in [0.29, 0.717) is 12.5 Å². The smallest absolute Gasteiger partial charge is 0.227 e. The second kappa shape index (κ2) is 5.52. The van der Waals surface area contributed by atoms with E-state index in [1.54, 1.807) is 7.05 Å². The van der Waals surface area contributed by atoms with Crippen molar-refractivity contribution in [1.82, 2.24) is 20.6 Å². The topological polar surface area (TPSA) is 70.2 Å². The van der Waals surface area contributed by atoms with Crippen LogP contribution in [-0.4, -0.2) is 43.1 Å². The van der Waals surface area contributed by atoms with Crippen LogP contribution in [0, 0.1) is 5.41 Å². The van der Waals surface area contributed by atoms with Crippen molar-refractivity contribution in [3.63, 3.8) is 0 Å². The predicted molar refractivity (Wildman–Crippen MR) is 73.8 cm³/mol.